The number of carbonyl (C=O) groups is 1. The monoisotopic (exact) mass is 264 g/mol. The summed E-state index contributed by atoms with van der Waals surface area (Å²) in [5, 5.41) is 7.31. The van der Waals surface area contributed by atoms with E-state index < -0.39 is 0 Å². The molecule has 0 aliphatic carbocycles. The van der Waals surface area contributed by atoms with Crippen LogP contribution in [0.3, 0.4) is 0 Å². The van der Waals surface area contributed by atoms with Crippen LogP contribution in [-0.2, 0) is 0 Å². The molecule has 1 aromatic heterocycles. The van der Waals surface area contributed by atoms with E-state index in [0.29, 0.717) is 10.6 Å². The second kappa shape index (κ2) is 3.75. The molecule has 2 heterocycles. The van der Waals surface area contributed by atoms with E-state index in [1.165, 1.54) is 11.3 Å². The third kappa shape index (κ3) is 1.52. The highest BCUT2D eigenvalue weighted by Crippen LogP contribution is 2.42. The number of hydrogen-bond donors (Lipinski definition) is 1. The molecule has 86 valence electrons. The third-order valence-electron chi connectivity index (χ3n) is 2.82. The van der Waals surface area contributed by atoms with Crippen LogP contribution in [0.15, 0.2) is 29.0 Å². The molecule has 0 saturated heterocycles. The van der Waals surface area contributed by atoms with Gasteiger partial charge >= 0.3 is 0 Å². The molecular formula is C12H9ClN2OS. The Kier molecular flexibility index (Phi) is 2.34. The fraction of sp³-hybridized carbons (Fsp3) is 0.0833. The van der Waals surface area contributed by atoms with E-state index in [0.717, 1.165) is 17.1 Å². The normalized spacial score (nSPS) is 13.8. The highest BCUT2D eigenvalue weighted by Gasteiger charge is 2.25. The number of anilines is 3. The molecule has 0 spiro atoms. The van der Waals surface area contributed by atoms with E-state index in [4.69, 9.17) is 11.6 Å². The van der Waals surface area contributed by atoms with Gasteiger partial charge in [-0.3, -0.25) is 4.79 Å². The summed E-state index contributed by atoms with van der Waals surface area (Å²) in [6.07, 6.45) is 0. The molecule has 1 aliphatic heterocycles. The summed E-state index contributed by atoms with van der Waals surface area (Å²) in [6.45, 7) is 0. The molecule has 1 aliphatic rings. The van der Waals surface area contributed by atoms with Crippen LogP contribution in [0.2, 0.25) is 5.02 Å². The largest absolute Gasteiger partial charge is 0.340 e. The van der Waals surface area contributed by atoms with E-state index in [2.05, 4.69) is 5.32 Å². The van der Waals surface area contributed by atoms with Gasteiger partial charge in [-0.1, -0.05) is 17.7 Å². The van der Waals surface area contributed by atoms with Gasteiger partial charge in [0.25, 0.3) is 5.91 Å². The lowest BCUT2D eigenvalue weighted by molar-refractivity contribution is 0.102. The maximum Gasteiger partial charge on any atom is 0.258 e. The lowest BCUT2D eigenvalue weighted by Gasteiger charge is -2.20. The Morgan fingerprint density at radius 2 is 2.18 bits per heavy atom. The number of amides is 1. The minimum atomic E-state index is -0.0888. The van der Waals surface area contributed by atoms with Gasteiger partial charge in [-0.2, -0.15) is 0 Å². The van der Waals surface area contributed by atoms with Crippen LogP contribution in [0.25, 0.3) is 0 Å². The molecule has 0 unspecified atom stereocenters. The summed E-state index contributed by atoms with van der Waals surface area (Å²) in [7, 11) is 1.91. The number of hydrogen-bond acceptors (Lipinski definition) is 3. The van der Waals surface area contributed by atoms with Crippen molar-refractivity contribution >= 4 is 45.9 Å². The lowest BCUT2D eigenvalue weighted by atomic mass is 10.2. The average Bonchev–Trinajstić information content (AvgIpc) is 2.73. The summed E-state index contributed by atoms with van der Waals surface area (Å²) in [5.41, 5.74) is 3.15. The van der Waals surface area contributed by atoms with E-state index >= 15 is 0 Å². The molecule has 0 atom stereocenters. The fourth-order valence-electron chi connectivity index (χ4n) is 1.99. The molecule has 1 aromatic carbocycles. The van der Waals surface area contributed by atoms with Crippen LogP contribution < -0.4 is 10.2 Å². The summed E-state index contributed by atoms with van der Waals surface area (Å²) in [5.74, 6) is -0.0888. The van der Waals surface area contributed by atoms with Crippen LogP contribution in [0.1, 0.15) is 10.4 Å². The Morgan fingerprint density at radius 1 is 1.35 bits per heavy atom. The van der Waals surface area contributed by atoms with Crippen LogP contribution in [0.5, 0.6) is 0 Å². The first-order chi connectivity index (χ1) is 8.18. The van der Waals surface area contributed by atoms with Gasteiger partial charge in [0.05, 0.1) is 27.6 Å². The molecule has 0 bridgehead atoms. The second-order valence-corrected chi connectivity index (χ2v) is 4.97. The number of rotatable bonds is 0. The Hall–Kier alpha value is -1.52. The number of halogens is 1. The number of para-hydroxylation sites is 1. The van der Waals surface area contributed by atoms with Crippen molar-refractivity contribution in [1.82, 2.24) is 0 Å². The zero-order valence-electron chi connectivity index (χ0n) is 9.03. The van der Waals surface area contributed by atoms with Gasteiger partial charge in [-0.05, 0) is 12.1 Å². The minimum absolute atomic E-state index is 0.0888. The molecule has 1 N–H and O–H groups in total. The number of carbonyl (C=O) groups excluding carboxylic acids is 1. The predicted molar refractivity (Wildman–Crippen MR) is 71.8 cm³/mol. The highest BCUT2D eigenvalue weighted by atomic mass is 35.5. The number of benzene rings is 1. The molecule has 0 fully saturated rings. The Labute approximate surface area is 108 Å². The van der Waals surface area contributed by atoms with Gasteiger partial charge in [-0.25, -0.2) is 0 Å². The fourth-order valence-corrected chi connectivity index (χ4v) is 3.13. The van der Waals surface area contributed by atoms with Gasteiger partial charge in [-0.15, -0.1) is 11.3 Å². The first-order valence-electron chi connectivity index (χ1n) is 5.08. The number of thiophene rings is 1. The Balaban J connectivity index is 2.29. The minimum Gasteiger partial charge on any atom is -0.340 e. The first-order valence-corrected chi connectivity index (χ1v) is 6.40. The van der Waals surface area contributed by atoms with Gasteiger partial charge in [0, 0.05) is 17.8 Å². The number of fused-ring (bicyclic) bond motifs is 2. The molecule has 17 heavy (non-hydrogen) atoms. The molecule has 0 radical (unpaired) electrons. The van der Waals surface area contributed by atoms with Crippen molar-refractivity contribution in [2.24, 2.45) is 0 Å². The van der Waals surface area contributed by atoms with E-state index in [1.54, 1.807) is 0 Å². The average molecular weight is 265 g/mol. The summed E-state index contributed by atoms with van der Waals surface area (Å²) in [4.78, 5) is 14.0. The highest BCUT2D eigenvalue weighted by molar-refractivity contribution is 7.08. The first kappa shape index (κ1) is 10.6. The van der Waals surface area contributed by atoms with Crippen molar-refractivity contribution in [3.63, 3.8) is 0 Å². The SMILES string of the molecule is CN1c2cscc2C(=O)Nc2cccc(Cl)c21. The Morgan fingerprint density at radius 3 is 3.00 bits per heavy atom. The van der Waals surface area contributed by atoms with Crippen molar-refractivity contribution in [2.75, 3.05) is 17.3 Å². The van der Waals surface area contributed by atoms with E-state index in [9.17, 15) is 4.79 Å². The van der Waals surface area contributed by atoms with Crippen molar-refractivity contribution < 1.29 is 4.79 Å². The molecule has 2 aromatic rings. The molecule has 1 amide bonds. The van der Waals surface area contributed by atoms with Crippen LogP contribution in [0.4, 0.5) is 17.1 Å². The van der Waals surface area contributed by atoms with Gasteiger partial charge in [0.15, 0.2) is 0 Å². The Bertz CT molecular complexity index is 608. The number of nitrogens with zero attached hydrogens (tertiary/aromatic N) is 1. The maximum absolute atomic E-state index is 12.0. The molecular weight excluding hydrogens is 256 g/mol. The molecule has 5 heteroatoms. The standard InChI is InChI=1S/C12H9ClN2OS/c1-15-10-6-17-5-7(10)12(16)14-9-4-2-3-8(13)11(9)15/h2-6H,1H3,(H,14,16). The van der Waals surface area contributed by atoms with Crippen molar-refractivity contribution in [3.8, 4) is 0 Å². The molecule has 3 rings (SSSR count). The summed E-state index contributed by atoms with van der Waals surface area (Å²) < 4.78 is 0. The topological polar surface area (TPSA) is 32.3 Å². The smallest absolute Gasteiger partial charge is 0.258 e. The van der Waals surface area contributed by atoms with Crippen molar-refractivity contribution in [1.29, 1.82) is 0 Å². The van der Waals surface area contributed by atoms with E-state index in [-0.39, 0.29) is 5.91 Å². The third-order valence-corrected chi connectivity index (χ3v) is 3.85. The second-order valence-electron chi connectivity index (χ2n) is 3.82. The number of nitrogens with one attached hydrogen (secondary N) is 1. The zero-order valence-corrected chi connectivity index (χ0v) is 10.6. The quantitative estimate of drug-likeness (QED) is 0.786. The van der Waals surface area contributed by atoms with Crippen molar-refractivity contribution in [3.05, 3.63) is 39.5 Å². The lowest BCUT2D eigenvalue weighted by Crippen LogP contribution is -2.10. The maximum atomic E-state index is 12.0. The summed E-state index contributed by atoms with van der Waals surface area (Å²) >= 11 is 7.71. The van der Waals surface area contributed by atoms with Gasteiger partial charge in [0.1, 0.15) is 0 Å². The van der Waals surface area contributed by atoms with Crippen molar-refractivity contribution in [2.45, 2.75) is 0 Å². The van der Waals surface area contributed by atoms with Gasteiger partial charge in [0.2, 0.25) is 0 Å². The van der Waals surface area contributed by atoms with E-state index in [1.807, 2.05) is 40.9 Å². The molecule has 0 saturated carbocycles. The zero-order chi connectivity index (χ0) is 12.0. The predicted octanol–water partition coefficient (Wildman–Crippen LogP) is 3.74. The van der Waals surface area contributed by atoms with Crippen LogP contribution >= 0.6 is 22.9 Å². The molecule has 3 nitrogen and oxygen atoms in total. The van der Waals surface area contributed by atoms with Gasteiger partial charge < -0.3 is 10.2 Å². The van der Waals surface area contributed by atoms with Crippen LogP contribution in [-0.4, -0.2) is 13.0 Å². The summed E-state index contributed by atoms with van der Waals surface area (Å²) in [6, 6.07) is 5.50. The van der Waals surface area contributed by atoms with Crippen LogP contribution in [0, 0.1) is 0 Å².